The second-order valence-corrected chi connectivity index (χ2v) is 11.6. The van der Waals surface area contributed by atoms with E-state index < -0.39 is 7.05 Å². The van der Waals surface area contributed by atoms with Gasteiger partial charge in [0.05, 0.1) is 12.8 Å². The van der Waals surface area contributed by atoms with Gasteiger partial charge in [-0.1, -0.05) is 145 Å². The van der Waals surface area contributed by atoms with Crippen molar-refractivity contribution in [3.8, 4) is 0 Å². The first-order valence-corrected chi connectivity index (χ1v) is 13.7. The van der Waals surface area contributed by atoms with E-state index in [1.54, 1.807) is 0 Å². The number of hydrogen-bond acceptors (Lipinski definition) is 1. The van der Waals surface area contributed by atoms with Crippen LogP contribution in [0.3, 0.4) is 0 Å². The lowest BCUT2D eigenvalue weighted by Gasteiger charge is -2.27. The number of hydrogen-bond donors (Lipinski definition) is 0. The van der Waals surface area contributed by atoms with Gasteiger partial charge in [-0.05, 0) is 23.8 Å². The lowest BCUT2D eigenvalue weighted by atomic mass is 10.1. The van der Waals surface area contributed by atoms with E-state index in [0.717, 1.165) is 16.8 Å². The zero-order valence-electron chi connectivity index (χ0n) is 19.2. The normalized spacial score (nSPS) is 11.7. The topological polar surface area (TPSA) is 12.4 Å². The first-order valence-electron chi connectivity index (χ1n) is 11.6. The van der Waals surface area contributed by atoms with Crippen LogP contribution in [0.5, 0.6) is 0 Å². The predicted octanol–water partition coefficient (Wildman–Crippen LogP) is 8.02. The molecule has 5 rings (SSSR count). The van der Waals surface area contributed by atoms with Gasteiger partial charge in [0.25, 0.3) is 0 Å². The monoisotopic (exact) mass is 489 g/mol. The van der Waals surface area contributed by atoms with Crippen molar-refractivity contribution in [2.75, 3.05) is 0 Å². The Bertz CT molecular complexity index is 1360. The van der Waals surface area contributed by atoms with Gasteiger partial charge in [0.1, 0.15) is 0 Å². The molecule has 0 bridgehead atoms. The van der Waals surface area contributed by atoms with E-state index in [4.69, 9.17) is 16.3 Å². The summed E-state index contributed by atoms with van der Waals surface area (Å²) in [6, 6.07) is 50.4. The maximum Gasteiger partial charge on any atom is 0.0703 e. The molecule has 0 aliphatic rings. The molecule has 0 saturated carbocycles. The van der Waals surface area contributed by atoms with Gasteiger partial charge < -0.3 is 0 Å². The van der Waals surface area contributed by atoms with E-state index in [1.807, 2.05) is 18.2 Å². The quantitative estimate of drug-likeness (QED) is 0.169. The highest BCUT2D eigenvalue weighted by Crippen LogP contribution is 2.49. The first-order chi connectivity index (χ1) is 17.3. The van der Waals surface area contributed by atoms with Crippen LogP contribution in [-0.4, -0.2) is 0 Å². The zero-order chi connectivity index (χ0) is 23.9. The maximum atomic E-state index is 6.25. The third kappa shape index (κ3) is 5.08. The molecule has 0 radical (unpaired) electrons. The summed E-state index contributed by atoms with van der Waals surface area (Å²) in [4.78, 5) is 0. The Kier molecular flexibility index (Phi) is 7.09. The fourth-order valence-corrected chi connectivity index (χ4v) is 7.88. The summed E-state index contributed by atoms with van der Waals surface area (Å²) >= 11 is 6.25. The molecule has 0 heterocycles. The van der Waals surface area contributed by atoms with Crippen LogP contribution in [0.25, 0.3) is 11.8 Å². The van der Waals surface area contributed by atoms with E-state index in [0.29, 0.717) is 5.02 Å². The molecule has 35 heavy (non-hydrogen) atoms. The van der Waals surface area contributed by atoms with Crippen LogP contribution in [0, 0.1) is 0 Å². The second-order valence-electron chi connectivity index (χ2n) is 8.19. The van der Waals surface area contributed by atoms with E-state index >= 15 is 0 Å². The molecular weight excluding hydrogens is 465 g/mol. The minimum absolute atomic E-state index is 0.711. The molecule has 5 aromatic carbocycles. The van der Waals surface area contributed by atoms with Crippen molar-refractivity contribution in [3.05, 3.63) is 162 Å². The van der Waals surface area contributed by atoms with Crippen molar-refractivity contribution >= 4 is 46.3 Å². The van der Waals surface area contributed by atoms with Crippen LogP contribution in [0.4, 0.5) is 0 Å². The maximum absolute atomic E-state index is 6.25. The van der Waals surface area contributed by atoms with Crippen molar-refractivity contribution in [3.63, 3.8) is 0 Å². The van der Waals surface area contributed by atoms with Gasteiger partial charge in [0.15, 0.2) is 0 Å². The van der Waals surface area contributed by atoms with Crippen molar-refractivity contribution in [1.82, 2.24) is 0 Å². The van der Waals surface area contributed by atoms with Crippen molar-refractivity contribution in [2.24, 2.45) is 4.74 Å². The summed E-state index contributed by atoms with van der Waals surface area (Å²) in [5.41, 5.74) is 3.07. The molecule has 0 fully saturated rings. The van der Waals surface area contributed by atoms with Gasteiger partial charge in [-0.3, -0.25) is 4.74 Å². The van der Waals surface area contributed by atoms with Crippen LogP contribution in [0.15, 0.2) is 150 Å². The second kappa shape index (κ2) is 10.7. The van der Waals surface area contributed by atoms with Crippen LogP contribution in [0.1, 0.15) is 11.1 Å². The van der Waals surface area contributed by atoms with Crippen LogP contribution in [-0.2, 0) is 0 Å². The standard InChI is InChI=1S/C32H25ClNP/c33-28-23-21-27(22-24-28)32(25-26-13-5-1-6-14-26)34-35(29-15-7-2-8-16-29,30-17-9-3-10-18-30)31-19-11-4-12-20-31/h1-25H/b32-25+. The smallest absolute Gasteiger partial charge is 0.0703 e. The summed E-state index contributed by atoms with van der Waals surface area (Å²) in [5.74, 6) is 0. The van der Waals surface area contributed by atoms with Crippen LogP contribution in [0.2, 0.25) is 5.02 Å². The number of rotatable bonds is 6. The number of halogens is 1. The highest BCUT2D eigenvalue weighted by molar-refractivity contribution is 7.87. The molecule has 0 spiro atoms. The van der Waals surface area contributed by atoms with Gasteiger partial charge in [0.2, 0.25) is 0 Å². The largest absolute Gasteiger partial charge is 0.253 e. The molecule has 5 aromatic rings. The molecule has 170 valence electrons. The third-order valence-corrected chi connectivity index (χ3v) is 9.79. The molecule has 3 heteroatoms. The van der Waals surface area contributed by atoms with Gasteiger partial charge in [-0.25, -0.2) is 0 Å². The van der Waals surface area contributed by atoms with Crippen molar-refractivity contribution in [2.45, 2.75) is 0 Å². The summed E-state index contributed by atoms with van der Waals surface area (Å²) < 4.78 is 5.74. The Balaban J connectivity index is 1.90. The molecule has 1 nitrogen and oxygen atoms in total. The van der Waals surface area contributed by atoms with Crippen molar-refractivity contribution < 1.29 is 0 Å². The zero-order valence-corrected chi connectivity index (χ0v) is 20.9. The molecule has 0 atom stereocenters. The van der Waals surface area contributed by atoms with Crippen molar-refractivity contribution in [1.29, 1.82) is 0 Å². The minimum Gasteiger partial charge on any atom is -0.253 e. The Morgan fingerprint density at radius 1 is 0.514 bits per heavy atom. The lowest BCUT2D eigenvalue weighted by molar-refractivity contribution is 1.53. The fraction of sp³-hybridized carbons (Fsp3) is 0. The summed E-state index contributed by atoms with van der Waals surface area (Å²) in [6.07, 6.45) is 2.17. The predicted molar refractivity (Wildman–Crippen MR) is 153 cm³/mol. The van der Waals surface area contributed by atoms with E-state index in [2.05, 4.69) is 133 Å². The number of nitrogens with zero attached hydrogens (tertiary/aromatic N) is 1. The molecular formula is C32H25ClNP. The van der Waals surface area contributed by atoms with Gasteiger partial charge in [-0.15, -0.1) is 0 Å². The van der Waals surface area contributed by atoms with Crippen LogP contribution < -0.4 is 15.9 Å². The summed E-state index contributed by atoms with van der Waals surface area (Å²) in [7, 11) is -2.40. The average Bonchev–Trinajstić information content (AvgIpc) is 2.94. The Morgan fingerprint density at radius 3 is 1.34 bits per heavy atom. The van der Waals surface area contributed by atoms with E-state index in [1.165, 1.54) is 15.9 Å². The summed E-state index contributed by atoms with van der Waals surface area (Å²) in [6.45, 7) is 0. The molecule has 0 aromatic heterocycles. The Morgan fingerprint density at radius 2 is 0.914 bits per heavy atom. The molecule has 0 aliphatic heterocycles. The molecule has 0 unspecified atom stereocenters. The molecule has 0 saturated heterocycles. The lowest BCUT2D eigenvalue weighted by Crippen LogP contribution is -2.25. The Hall–Kier alpha value is -3.64. The highest BCUT2D eigenvalue weighted by atomic mass is 35.5. The number of benzene rings is 5. The first kappa shape index (κ1) is 23.1. The third-order valence-electron chi connectivity index (χ3n) is 5.89. The van der Waals surface area contributed by atoms with Gasteiger partial charge in [0, 0.05) is 26.5 Å². The van der Waals surface area contributed by atoms with Gasteiger partial charge in [-0.2, -0.15) is 0 Å². The molecule has 0 N–H and O–H groups in total. The Labute approximate surface area is 212 Å². The average molecular weight is 490 g/mol. The fourth-order valence-electron chi connectivity index (χ4n) is 4.21. The molecule has 0 aliphatic carbocycles. The minimum atomic E-state index is -2.40. The van der Waals surface area contributed by atoms with E-state index in [9.17, 15) is 0 Å². The highest BCUT2D eigenvalue weighted by Gasteiger charge is 2.28. The van der Waals surface area contributed by atoms with Crippen LogP contribution >= 0.6 is 18.7 Å². The summed E-state index contributed by atoms with van der Waals surface area (Å²) in [5, 5.41) is 4.35. The van der Waals surface area contributed by atoms with Gasteiger partial charge >= 0.3 is 0 Å². The van der Waals surface area contributed by atoms with E-state index in [-0.39, 0.29) is 0 Å². The SMILES string of the molecule is Clc1ccc(/C(=C\c2ccccc2)N=P(c2ccccc2)(c2ccccc2)c2ccccc2)cc1. The molecule has 0 amide bonds.